The highest BCUT2D eigenvalue weighted by atomic mass is 16.5. The molecule has 2 atom stereocenters. The Hall–Kier alpha value is -3.00. The van der Waals surface area contributed by atoms with Gasteiger partial charge in [0.15, 0.2) is 0 Å². The Morgan fingerprint density at radius 3 is 2.92 bits per heavy atom. The van der Waals surface area contributed by atoms with E-state index in [9.17, 15) is 4.79 Å². The summed E-state index contributed by atoms with van der Waals surface area (Å²) in [5.74, 6) is 1.16. The van der Waals surface area contributed by atoms with Gasteiger partial charge in [0.2, 0.25) is 0 Å². The molecule has 0 bridgehead atoms. The number of para-hydroxylation sites is 1. The summed E-state index contributed by atoms with van der Waals surface area (Å²) in [5, 5.41) is 14.7. The van der Waals surface area contributed by atoms with Crippen molar-refractivity contribution in [3.05, 3.63) is 65.2 Å². The Labute approximate surface area is 141 Å². The highest BCUT2D eigenvalue weighted by molar-refractivity contribution is 5.75. The minimum atomic E-state index is -0.195. The van der Waals surface area contributed by atoms with Crippen LogP contribution in [0.1, 0.15) is 29.0 Å². The van der Waals surface area contributed by atoms with Gasteiger partial charge in [0.25, 0.3) is 0 Å². The first-order chi connectivity index (χ1) is 11.7. The topological polar surface area (TPSA) is 74.2 Å². The summed E-state index contributed by atoms with van der Waals surface area (Å²) >= 11 is 0. The zero-order chi connectivity index (χ0) is 16.9. The number of nitrogens with zero attached hydrogens (tertiary/aromatic N) is 1. The molecule has 0 saturated heterocycles. The molecule has 1 fully saturated rings. The van der Waals surface area contributed by atoms with E-state index < -0.39 is 0 Å². The van der Waals surface area contributed by atoms with Crippen molar-refractivity contribution in [2.75, 3.05) is 7.11 Å². The number of carbonyl (C=O) groups is 1. The number of rotatable bonds is 5. The van der Waals surface area contributed by atoms with Gasteiger partial charge in [0, 0.05) is 18.5 Å². The standard InChI is InChI=1S/C19H19N3O2/c1-24-18-8-3-2-7-15(18)16-10-17(16)22-19(23)21-12-14-6-4-5-13(9-14)11-20/h2-9,16-17H,10,12H2,1H3,(H2,21,22,23). The van der Waals surface area contributed by atoms with E-state index in [1.807, 2.05) is 36.4 Å². The number of hydrogen-bond acceptors (Lipinski definition) is 3. The molecule has 3 rings (SSSR count). The van der Waals surface area contributed by atoms with Crippen LogP contribution in [0.4, 0.5) is 4.79 Å². The second kappa shape index (κ2) is 7.05. The zero-order valence-corrected chi connectivity index (χ0v) is 13.5. The predicted molar refractivity (Wildman–Crippen MR) is 90.7 cm³/mol. The SMILES string of the molecule is COc1ccccc1C1CC1NC(=O)NCc1cccc(C#N)c1. The molecule has 1 aliphatic rings. The fourth-order valence-electron chi connectivity index (χ4n) is 2.82. The molecule has 0 radical (unpaired) electrons. The van der Waals surface area contributed by atoms with Crippen molar-refractivity contribution in [2.45, 2.75) is 24.9 Å². The molecule has 1 saturated carbocycles. The average molecular weight is 321 g/mol. The molecule has 5 heteroatoms. The monoisotopic (exact) mass is 321 g/mol. The summed E-state index contributed by atoms with van der Waals surface area (Å²) in [5.41, 5.74) is 2.63. The Bertz CT molecular complexity index is 782. The normalized spacial score (nSPS) is 18.3. The molecule has 0 heterocycles. The second-order valence-electron chi connectivity index (χ2n) is 5.83. The van der Waals surface area contributed by atoms with Crippen molar-refractivity contribution in [3.63, 3.8) is 0 Å². The van der Waals surface area contributed by atoms with Gasteiger partial charge in [-0.3, -0.25) is 0 Å². The average Bonchev–Trinajstić information content (AvgIpc) is 3.39. The maximum absolute atomic E-state index is 12.0. The molecule has 2 N–H and O–H groups in total. The molecular formula is C19H19N3O2. The third kappa shape index (κ3) is 3.66. The number of carbonyl (C=O) groups excluding carboxylic acids is 1. The number of amides is 2. The number of nitriles is 1. The third-order valence-corrected chi connectivity index (χ3v) is 4.15. The van der Waals surface area contributed by atoms with Crippen LogP contribution in [0.2, 0.25) is 0 Å². The van der Waals surface area contributed by atoms with E-state index in [0.29, 0.717) is 18.0 Å². The van der Waals surface area contributed by atoms with E-state index in [4.69, 9.17) is 10.00 Å². The lowest BCUT2D eigenvalue weighted by Gasteiger charge is -2.10. The van der Waals surface area contributed by atoms with Gasteiger partial charge < -0.3 is 15.4 Å². The van der Waals surface area contributed by atoms with Crippen LogP contribution in [0.25, 0.3) is 0 Å². The molecule has 2 unspecified atom stereocenters. The number of ether oxygens (including phenoxy) is 1. The molecule has 2 aromatic rings. The Balaban J connectivity index is 1.51. The van der Waals surface area contributed by atoms with Gasteiger partial charge in [-0.1, -0.05) is 30.3 Å². The van der Waals surface area contributed by atoms with Crippen LogP contribution in [-0.4, -0.2) is 19.2 Å². The van der Waals surface area contributed by atoms with Crippen LogP contribution in [0.3, 0.4) is 0 Å². The maximum Gasteiger partial charge on any atom is 0.315 e. The first-order valence-electron chi connectivity index (χ1n) is 7.87. The summed E-state index contributed by atoms with van der Waals surface area (Å²) in [4.78, 5) is 12.0. The summed E-state index contributed by atoms with van der Waals surface area (Å²) in [6.45, 7) is 0.396. The van der Waals surface area contributed by atoms with E-state index >= 15 is 0 Å². The molecule has 122 valence electrons. The lowest BCUT2D eigenvalue weighted by molar-refractivity contribution is 0.240. The summed E-state index contributed by atoms with van der Waals surface area (Å²) in [6, 6.07) is 17.1. The molecule has 5 nitrogen and oxygen atoms in total. The van der Waals surface area contributed by atoms with E-state index in [2.05, 4.69) is 16.7 Å². The molecule has 2 aromatic carbocycles. The Kier molecular flexibility index (Phi) is 4.66. The smallest absolute Gasteiger partial charge is 0.315 e. The van der Waals surface area contributed by atoms with Gasteiger partial charge in [-0.25, -0.2) is 4.79 Å². The minimum absolute atomic E-state index is 0.131. The molecule has 0 spiro atoms. The van der Waals surface area contributed by atoms with Crippen LogP contribution in [0, 0.1) is 11.3 Å². The van der Waals surface area contributed by atoms with Crippen LogP contribution >= 0.6 is 0 Å². The number of hydrogen-bond donors (Lipinski definition) is 2. The summed E-state index contributed by atoms with van der Waals surface area (Å²) in [6.07, 6.45) is 0.914. The Morgan fingerprint density at radius 2 is 2.12 bits per heavy atom. The quantitative estimate of drug-likeness (QED) is 0.889. The predicted octanol–water partition coefficient (Wildman–Crippen LogP) is 2.92. The van der Waals surface area contributed by atoms with Crippen LogP contribution in [-0.2, 0) is 6.54 Å². The first kappa shape index (κ1) is 15.9. The third-order valence-electron chi connectivity index (χ3n) is 4.15. The molecule has 0 aromatic heterocycles. The fraction of sp³-hybridized carbons (Fsp3) is 0.263. The fourth-order valence-corrected chi connectivity index (χ4v) is 2.82. The van der Waals surface area contributed by atoms with Crippen LogP contribution < -0.4 is 15.4 Å². The summed E-state index contributed by atoms with van der Waals surface area (Å²) in [7, 11) is 1.66. The minimum Gasteiger partial charge on any atom is -0.496 e. The van der Waals surface area contributed by atoms with E-state index in [1.54, 1.807) is 19.2 Å². The van der Waals surface area contributed by atoms with Crippen molar-refractivity contribution in [2.24, 2.45) is 0 Å². The van der Waals surface area contributed by atoms with Gasteiger partial charge in [-0.05, 0) is 35.7 Å². The van der Waals surface area contributed by atoms with Crippen molar-refractivity contribution >= 4 is 6.03 Å². The number of nitrogens with one attached hydrogen (secondary N) is 2. The lowest BCUT2D eigenvalue weighted by atomic mass is 10.1. The first-order valence-corrected chi connectivity index (χ1v) is 7.87. The van der Waals surface area contributed by atoms with Crippen molar-refractivity contribution in [3.8, 4) is 11.8 Å². The van der Waals surface area contributed by atoms with Crippen LogP contribution in [0.5, 0.6) is 5.75 Å². The van der Waals surface area contributed by atoms with Crippen molar-refractivity contribution in [1.82, 2.24) is 10.6 Å². The summed E-state index contributed by atoms with van der Waals surface area (Å²) < 4.78 is 5.37. The molecule has 24 heavy (non-hydrogen) atoms. The maximum atomic E-state index is 12.0. The largest absolute Gasteiger partial charge is 0.496 e. The number of urea groups is 1. The lowest BCUT2D eigenvalue weighted by Crippen LogP contribution is -2.36. The molecular weight excluding hydrogens is 302 g/mol. The highest BCUT2D eigenvalue weighted by Gasteiger charge is 2.41. The van der Waals surface area contributed by atoms with Gasteiger partial charge in [-0.2, -0.15) is 5.26 Å². The zero-order valence-electron chi connectivity index (χ0n) is 13.5. The number of benzene rings is 2. The van der Waals surface area contributed by atoms with E-state index in [1.165, 1.54) is 0 Å². The highest BCUT2D eigenvalue weighted by Crippen LogP contribution is 2.44. The number of methoxy groups -OCH3 is 1. The molecule has 2 amide bonds. The van der Waals surface area contributed by atoms with E-state index in [-0.39, 0.29) is 12.1 Å². The van der Waals surface area contributed by atoms with E-state index in [0.717, 1.165) is 23.3 Å². The van der Waals surface area contributed by atoms with Crippen LogP contribution in [0.15, 0.2) is 48.5 Å². The van der Waals surface area contributed by atoms with Crippen molar-refractivity contribution in [1.29, 1.82) is 5.26 Å². The van der Waals surface area contributed by atoms with Gasteiger partial charge in [0.05, 0.1) is 18.7 Å². The molecule has 1 aliphatic carbocycles. The van der Waals surface area contributed by atoms with Crippen molar-refractivity contribution < 1.29 is 9.53 Å². The van der Waals surface area contributed by atoms with Gasteiger partial charge in [0.1, 0.15) is 5.75 Å². The second-order valence-corrected chi connectivity index (χ2v) is 5.83. The Morgan fingerprint density at radius 1 is 1.29 bits per heavy atom. The van der Waals surface area contributed by atoms with Gasteiger partial charge >= 0.3 is 6.03 Å². The van der Waals surface area contributed by atoms with Gasteiger partial charge in [-0.15, -0.1) is 0 Å². The molecule has 0 aliphatic heterocycles.